The number of aryl methyl sites for hydroxylation is 2. The van der Waals surface area contributed by atoms with E-state index in [0.29, 0.717) is 0 Å². The predicted octanol–water partition coefficient (Wildman–Crippen LogP) is 6.52. The number of benzene rings is 2. The number of halogens is 3. The van der Waals surface area contributed by atoms with Crippen molar-refractivity contribution in [1.82, 2.24) is 0 Å². The van der Waals surface area contributed by atoms with E-state index in [2.05, 4.69) is 50.9 Å². The minimum Gasteiger partial charge on any atom is -0.496 e. The topological polar surface area (TPSA) is 9.23 Å². The van der Waals surface area contributed by atoms with Crippen LogP contribution < -0.4 is 4.74 Å². The molecule has 2 rings (SSSR count). The van der Waals surface area contributed by atoms with E-state index in [0.717, 1.165) is 43.1 Å². The molecule has 112 valence electrons. The number of alkyl halides is 1. The van der Waals surface area contributed by atoms with Crippen LogP contribution in [0.1, 0.15) is 32.6 Å². The molecule has 0 saturated carbocycles. The van der Waals surface area contributed by atoms with E-state index < -0.39 is 0 Å². The Bertz CT molecular complexity index is 683. The lowest BCUT2D eigenvalue weighted by Gasteiger charge is -2.21. The van der Waals surface area contributed by atoms with Crippen LogP contribution in [0.15, 0.2) is 28.7 Å². The lowest BCUT2D eigenvalue weighted by Crippen LogP contribution is -2.03. The van der Waals surface area contributed by atoms with Crippen molar-refractivity contribution in [2.75, 3.05) is 7.11 Å². The largest absolute Gasteiger partial charge is 0.496 e. The molecular formula is C17H17Br2ClO. The Balaban J connectivity index is 2.62. The summed E-state index contributed by atoms with van der Waals surface area (Å²) in [5, 5.41) is 0.778. The Morgan fingerprint density at radius 3 is 2.33 bits per heavy atom. The quantitative estimate of drug-likeness (QED) is 0.502. The van der Waals surface area contributed by atoms with E-state index in [9.17, 15) is 0 Å². The van der Waals surface area contributed by atoms with Gasteiger partial charge in [0.15, 0.2) is 0 Å². The molecule has 0 aliphatic rings. The van der Waals surface area contributed by atoms with Gasteiger partial charge < -0.3 is 4.74 Å². The summed E-state index contributed by atoms with van der Waals surface area (Å²) in [5.41, 5.74) is 5.59. The van der Waals surface area contributed by atoms with Crippen LogP contribution >= 0.6 is 43.5 Å². The van der Waals surface area contributed by atoms with Crippen LogP contribution in [0.4, 0.5) is 0 Å². The van der Waals surface area contributed by atoms with Crippen LogP contribution in [-0.4, -0.2) is 7.11 Å². The Morgan fingerprint density at radius 1 is 1.10 bits per heavy atom. The molecule has 0 bridgehead atoms. The molecule has 0 saturated heterocycles. The fourth-order valence-corrected chi connectivity index (χ4v) is 3.97. The van der Waals surface area contributed by atoms with Crippen molar-refractivity contribution in [1.29, 1.82) is 0 Å². The smallest absolute Gasteiger partial charge is 0.126 e. The molecule has 21 heavy (non-hydrogen) atoms. The van der Waals surface area contributed by atoms with Crippen molar-refractivity contribution in [2.45, 2.75) is 25.6 Å². The minimum absolute atomic E-state index is 0.0294. The molecule has 0 radical (unpaired) electrons. The molecule has 1 atom stereocenters. The fraction of sp³-hybridized carbons (Fsp3) is 0.294. The molecule has 2 aromatic rings. The first kappa shape index (κ1) is 16.9. The zero-order valence-corrected chi connectivity index (χ0v) is 16.4. The molecule has 0 amide bonds. The van der Waals surface area contributed by atoms with E-state index in [4.69, 9.17) is 16.3 Å². The second kappa shape index (κ2) is 6.72. The SMILES string of the molecule is COc1c(C)cc(Br)c(C)c1C(Br)c1ccc(C)c(Cl)c1. The molecule has 0 fully saturated rings. The van der Waals surface area contributed by atoms with E-state index in [-0.39, 0.29) is 4.83 Å². The summed E-state index contributed by atoms with van der Waals surface area (Å²) in [7, 11) is 1.71. The van der Waals surface area contributed by atoms with Crippen molar-refractivity contribution in [3.05, 3.63) is 61.6 Å². The molecule has 1 nitrogen and oxygen atoms in total. The first-order valence-electron chi connectivity index (χ1n) is 6.60. The van der Waals surface area contributed by atoms with Crippen LogP contribution in [0.5, 0.6) is 5.75 Å². The summed E-state index contributed by atoms with van der Waals surface area (Å²) < 4.78 is 6.71. The zero-order chi connectivity index (χ0) is 15.7. The number of hydrogen-bond acceptors (Lipinski definition) is 1. The lowest BCUT2D eigenvalue weighted by atomic mass is 9.96. The minimum atomic E-state index is 0.0294. The van der Waals surface area contributed by atoms with Gasteiger partial charge in [-0.15, -0.1) is 0 Å². The first-order valence-corrected chi connectivity index (χ1v) is 8.69. The van der Waals surface area contributed by atoms with Gasteiger partial charge in [0, 0.05) is 15.1 Å². The third-order valence-electron chi connectivity index (χ3n) is 3.65. The third kappa shape index (κ3) is 3.30. The van der Waals surface area contributed by atoms with Gasteiger partial charge in [0.05, 0.1) is 11.9 Å². The van der Waals surface area contributed by atoms with E-state index in [1.54, 1.807) is 7.11 Å². The highest BCUT2D eigenvalue weighted by Crippen LogP contribution is 2.43. The van der Waals surface area contributed by atoms with Gasteiger partial charge >= 0.3 is 0 Å². The molecule has 4 heteroatoms. The van der Waals surface area contributed by atoms with Crippen LogP contribution in [0.3, 0.4) is 0 Å². The summed E-state index contributed by atoms with van der Waals surface area (Å²) in [5.74, 6) is 0.911. The molecule has 0 aliphatic heterocycles. The Labute approximate surface area is 147 Å². The van der Waals surface area contributed by atoms with Gasteiger partial charge in [-0.05, 0) is 55.2 Å². The van der Waals surface area contributed by atoms with Gasteiger partial charge in [0.2, 0.25) is 0 Å². The number of hydrogen-bond donors (Lipinski definition) is 0. The average molecular weight is 433 g/mol. The standard InChI is InChI=1S/C17H17Br2ClO/c1-9-5-6-12(8-14(9)20)16(19)15-11(3)13(18)7-10(2)17(15)21-4/h5-8,16H,1-4H3. The van der Waals surface area contributed by atoms with Gasteiger partial charge in [-0.2, -0.15) is 0 Å². The summed E-state index contributed by atoms with van der Waals surface area (Å²) in [6.45, 7) is 6.14. The van der Waals surface area contributed by atoms with E-state index in [1.807, 2.05) is 26.0 Å². The van der Waals surface area contributed by atoms with Crippen LogP contribution in [0.25, 0.3) is 0 Å². The maximum absolute atomic E-state index is 6.26. The van der Waals surface area contributed by atoms with Gasteiger partial charge in [-0.1, -0.05) is 55.6 Å². The number of rotatable bonds is 3. The zero-order valence-electron chi connectivity index (χ0n) is 12.4. The molecule has 0 spiro atoms. The summed E-state index contributed by atoms with van der Waals surface area (Å²) in [6, 6.07) is 8.22. The van der Waals surface area contributed by atoms with Crippen LogP contribution in [0, 0.1) is 20.8 Å². The Kier molecular flexibility index (Phi) is 5.39. The summed E-state index contributed by atoms with van der Waals surface area (Å²) >= 11 is 13.7. The molecule has 2 aromatic carbocycles. The Morgan fingerprint density at radius 2 is 1.76 bits per heavy atom. The molecule has 0 aromatic heterocycles. The highest BCUT2D eigenvalue weighted by Gasteiger charge is 2.21. The van der Waals surface area contributed by atoms with Gasteiger partial charge in [0.1, 0.15) is 5.75 Å². The molecular weight excluding hydrogens is 415 g/mol. The van der Waals surface area contributed by atoms with E-state index in [1.165, 1.54) is 0 Å². The van der Waals surface area contributed by atoms with Crippen molar-refractivity contribution < 1.29 is 4.74 Å². The number of ether oxygens (including phenoxy) is 1. The second-order valence-corrected chi connectivity index (χ2v) is 7.30. The maximum atomic E-state index is 6.26. The van der Waals surface area contributed by atoms with Crippen LogP contribution in [-0.2, 0) is 0 Å². The molecule has 0 aliphatic carbocycles. The van der Waals surface area contributed by atoms with Gasteiger partial charge in [-0.3, -0.25) is 0 Å². The normalized spacial score (nSPS) is 12.3. The summed E-state index contributed by atoms with van der Waals surface area (Å²) in [4.78, 5) is 0.0294. The van der Waals surface area contributed by atoms with Crippen molar-refractivity contribution >= 4 is 43.5 Å². The van der Waals surface area contributed by atoms with E-state index >= 15 is 0 Å². The average Bonchev–Trinajstić information content (AvgIpc) is 2.44. The lowest BCUT2D eigenvalue weighted by molar-refractivity contribution is 0.406. The van der Waals surface area contributed by atoms with Crippen molar-refractivity contribution in [3.8, 4) is 5.75 Å². The highest BCUT2D eigenvalue weighted by atomic mass is 79.9. The highest BCUT2D eigenvalue weighted by molar-refractivity contribution is 9.10. The van der Waals surface area contributed by atoms with Crippen LogP contribution in [0.2, 0.25) is 5.02 Å². The maximum Gasteiger partial charge on any atom is 0.126 e. The molecule has 1 unspecified atom stereocenters. The summed E-state index contributed by atoms with van der Waals surface area (Å²) in [6.07, 6.45) is 0. The fourth-order valence-electron chi connectivity index (χ4n) is 2.38. The second-order valence-electron chi connectivity index (χ2n) is 5.12. The van der Waals surface area contributed by atoms with Gasteiger partial charge in [0.25, 0.3) is 0 Å². The monoisotopic (exact) mass is 430 g/mol. The van der Waals surface area contributed by atoms with Crippen molar-refractivity contribution in [2.24, 2.45) is 0 Å². The third-order valence-corrected chi connectivity index (χ3v) is 5.87. The molecule has 0 heterocycles. The Hall–Kier alpha value is -0.510. The first-order chi connectivity index (χ1) is 9.86. The van der Waals surface area contributed by atoms with Crippen molar-refractivity contribution in [3.63, 3.8) is 0 Å². The number of methoxy groups -OCH3 is 1. The predicted molar refractivity (Wildman–Crippen MR) is 97.1 cm³/mol. The van der Waals surface area contributed by atoms with Gasteiger partial charge in [-0.25, -0.2) is 0 Å². The molecule has 0 N–H and O–H groups in total.